The van der Waals surface area contributed by atoms with E-state index in [1.165, 1.54) is 0 Å². The van der Waals surface area contributed by atoms with Gasteiger partial charge in [-0.15, -0.1) is 0 Å². The maximum atomic E-state index is 6.12. The van der Waals surface area contributed by atoms with E-state index < -0.39 is 0 Å². The van der Waals surface area contributed by atoms with Crippen LogP contribution in [0.5, 0.6) is 0 Å². The predicted octanol–water partition coefficient (Wildman–Crippen LogP) is 2.29. The summed E-state index contributed by atoms with van der Waals surface area (Å²) in [6, 6.07) is 7.83. The molecule has 108 valence electrons. The average molecular weight is 302 g/mol. The highest BCUT2D eigenvalue weighted by Gasteiger charge is 2.19. The molecule has 0 unspecified atom stereocenters. The van der Waals surface area contributed by atoms with Crippen LogP contribution in [-0.2, 0) is 0 Å². The minimum Gasteiger partial charge on any atom is -0.338 e. The topological polar surface area (TPSA) is 36.7 Å². The highest BCUT2D eigenvalue weighted by atomic mass is 35.5. The van der Waals surface area contributed by atoms with Crippen LogP contribution in [0, 0.1) is 0 Å². The Bertz CT molecular complexity index is 804. The number of anilines is 1. The van der Waals surface area contributed by atoms with Crippen LogP contribution in [-0.4, -0.2) is 52.7 Å². The molecule has 0 aliphatic carbocycles. The lowest BCUT2D eigenvalue weighted by Crippen LogP contribution is -2.45. The van der Waals surface area contributed by atoms with E-state index in [0.29, 0.717) is 0 Å². The van der Waals surface area contributed by atoms with Crippen LogP contribution in [0.2, 0.25) is 5.02 Å². The first-order valence-electron chi connectivity index (χ1n) is 7.09. The Hall–Kier alpha value is -1.85. The predicted molar refractivity (Wildman–Crippen MR) is 85.2 cm³/mol. The standard InChI is InChI=1S/C15H16ClN5/c1-19-6-8-20(9-7-19)15-18-13-3-2-11(16)10-12(13)14-4-5-17-21(14)15/h2-5,10H,6-9H2,1H3. The van der Waals surface area contributed by atoms with Gasteiger partial charge in [0.15, 0.2) is 0 Å². The summed E-state index contributed by atoms with van der Waals surface area (Å²) in [5.74, 6) is 0.915. The van der Waals surface area contributed by atoms with Gasteiger partial charge in [-0.05, 0) is 31.3 Å². The number of piperazine rings is 1. The van der Waals surface area contributed by atoms with Gasteiger partial charge in [0.1, 0.15) is 0 Å². The molecule has 3 heterocycles. The molecule has 21 heavy (non-hydrogen) atoms. The smallest absolute Gasteiger partial charge is 0.227 e. The zero-order chi connectivity index (χ0) is 14.4. The second-order valence-corrected chi connectivity index (χ2v) is 5.93. The highest BCUT2D eigenvalue weighted by molar-refractivity contribution is 6.31. The van der Waals surface area contributed by atoms with Crippen LogP contribution < -0.4 is 4.90 Å². The van der Waals surface area contributed by atoms with Crippen molar-refractivity contribution in [2.24, 2.45) is 0 Å². The third kappa shape index (κ3) is 2.13. The van der Waals surface area contributed by atoms with Crippen molar-refractivity contribution in [2.75, 3.05) is 38.1 Å². The molecule has 0 saturated carbocycles. The van der Waals surface area contributed by atoms with Gasteiger partial charge in [0.25, 0.3) is 0 Å². The molecule has 1 aromatic carbocycles. The fourth-order valence-electron chi connectivity index (χ4n) is 2.84. The molecule has 2 aromatic heterocycles. The maximum absolute atomic E-state index is 6.12. The second-order valence-electron chi connectivity index (χ2n) is 5.49. The van der Waals surface area contributed by atoms with Crippen LogP contribution in [0.15, 0.2) is 30.5 Å². The van der Waals surface area contributed by atoms with Crippen molar-refractivity contribution < 1.29 is 0 Å². The lowest BCUT2D eigenvalue weighted by atomic mass is 10.2. The van der Waals surface area contributed by atoms with Gasteiger partial charge in [0, 0.05) is 36.6 Å². The number of likely N-dealkylation sites (N-methyl/N-ethyl adjacent to an activating group) is 1. The molecular formula is C15H16ClN5. The van der Waals surface area contributed by atoms with Crippen LogP contribution in [0.4, 0.5) is 5.95 Å². The summed E-state index contributed by atoms with van der Waals surface area (Å²) in [6.07, 6.45) is 1.82. The first kappa shape index (κ1) is 12.9. The van der Waals surface area contributed by atoms with Crippen molar-refractivity contribution in [3.8, 4) is 0 Å². The fraction of sp³-hybridized carbons (Fsp3) is 0.333. The number of fused-ring (bicyclic) bond motifs is 3. The van der Waals surface area contributed by atoms with Crippen LogP contribution in [0.3, 0.4) is 0 Å². The molecule has 1 aliphatic heterocycles. The van der Waals surface area contributed by atoms with E-state index in [9.17, 15) is 0 Å². The van der Waals surface area contributed by atoms with Crippen molar-refractivity contribution >= 4 is 34.0 Å². The largest absolute Gasteiger partial charge is 0.338 e. The van der Waals surface area contributed by atoms with Crippen LogP contribution >= 0.6 is 11.6 Å². The molecule has 4 rings (SSSR count). The highest BCUT2D eigenvalue weighted by Crippen LogP contribution is 2.26. The molecular weight excluding hydrogens is 286 g/mol. The average Bonchev–Trinajstić information content (AvgIpc) is 2.97. The summed E-state index contributed by atoms with van der Waals surface area (Å²) in [7, 11) is 2.15. The summed E-state index contributed by atoms with van der Waals surface area (Å²) in [6.45, 7) is 4.03. The minimum atomic E-state index is 0.722. The Morgan fingerprint density at radius 2 is 1.90 bits per heavy atom. The molecule has 1 aliphatic rings. The molecule has 0 atom stereocenters. The summed E-state index contributed by atoms with van der Waals surface area (Å²) in [4.78, 5) is 9.45. The van der Waals surface area contributed by atoms with Crippen molar-refractivity contribution in [1.82, 2.24) is 19.5 Å². The minimum absolute atomic E-state index is 0.722. The Balaban J connectivity index is 1.91. The second kappa shape index (κ2) is 4.86. The summed E-state index contributed by atoms with van der Waals surface area (Å²) in [5, 5.41) is 6.21. The zero-order valence-electron chi connectivity index (χ0n) is 11.8. The van der Waals surface area contributed by atoms with Gasteiger partial charge < -0.3 is 9.80 Å². The molecule has 0 bridgehead atoms. The fourth-order valence-corrected chi connectivity index (χ4v) is 3.02. The van der Waals surface area contributed by atoms with Gasteiger partial charge >= 0.3 is 0 Å². The van der Waals surface area contributed by atoms with Crippen molar-refractivity contribution in [3.05, 3.63) is 35.5 Å². The Labute approximate surface area is 127 Å². The molecule has 3 aromatic rings. The van der Waals surface area contributed by atoms with E-state index >= 15 is 0 Å². The molecule has 1 fully saturated rings. The quantitative estimate of drug-likeness (QED) is 0.691. The Morgan fingerprint density at radius 3 is 2.71 bits per heavy atom. The number of benzene rings is 1. The number of nitrogens with zero attached hydrogens (tertiary/aromatic N) is 5. The van der Waals surface area contributed by atoms with E-state index in [1.54, 1.807) is 0 Å². The van der Waals surface area contributed by atoms with Gasteiger partial charge in [-0.1, -0.05) is 11.6 Å². The van der Waals surface area contributed by atoms with Crippen LogP contribution in [0.1, 0.15) is 0 Å². The summed E-state index contributed by atoms with van der Waals surface area (Å²) >= 11 is 6.12. The molecule has 0 spiro atoms. The number of hydrogen-bond acceptors (Lipinski definition) is 4. The van der Waals surface area contributed by atoms with Gasteiger partial charge in [-0.3, -0.25) is 0 Å². The third-order valence-electron chi connectivity index (χ3n) is 4.07. The Kier molecular flexibility index (Phi) is 2.97. The SMILES string of the molecule is CN1CCN(c2nc3ccc(Cl)cc3c3ccnn23)CC1. The molecule has 0 amide bonds. The number of halogens is 1. The lowest BCUT2D eigenvalue weighted by molar-refractivity contribution is 0.310. The van der Waals surface area contributed by atoms with Gasteiger partial charge in [0.05, 0.1) is 17.2 Å². The number of hydrogen-bond donors (Lipinski definition) is 0. The third-order valence-corrected chi connectivity index (χ3v) is 4.31. The van der Waals surface area contributed by atoms with Crippen molar-refractivity contribution in [2.45, 2.75) is 0 Å². The summed E-state index contributed by atoms with van der Waals surface area (Å²) < 4.78 is 1.92. The number of rotatable bonds is 1. The zero-order valence-corrected chi connectivity index (χ0v) is 12.6. The number of aromatic nitrogens is 3. The monoisotopic (exact) mass is 301 g/mol. The van der Waals surface area contributed by atoms with E-state index in [1.807, 2.05) is 35.0 Å². The van der Waals surface area contributed by atoms with Gasteiger partial charge in [-0.25, -0.2) is 4.98 Å². The molecule has 5 nitrogen and oxygen atoms in total. The summed E-state index contributed by atoms with van der Waals surface area (Å²) in [5.41, 5.74) is 2.01. The van der Waals surface area contributed by atoms with Crippen LogP contribution in [0.25, 0.3) is 16.4 Å². The Morgan fingerprint density at radius 1 is 1.10 bits per heavy atom. The van der Waals surface area contributed by atoms with E-state index in [4.69, 9.17) is 16.6 Å². The molecule has 0 radical (unpaired) electrons. The molecule has 0 N–H and O–H groups in total. The van der Waals surface area contributed by atoms with E-state index in [-0.39, 0.29) is 0 Å². The van der Waals surface area contributed by atoms with Crippen molar-refractivity contribution in [1.29, 1.82) is 0 Å². The van der Waals surface area contributed by atoms with Gasteiger partial charge in [0.2, 0.25) is 5.95 Å². The van der Waals surface area contributed by atoms with E-state index in [2.05, 4.69) is 21.9 Å². The van der Waals surface area contributed by atoms with Gasteiger partial charge in [-0.2, -0.15) is 9.61 Å². The molecule has 1 saturated heterocycles. The first-order valence-corrected chi connectivity index (χ1v) is 7.47. The van der Waals surface area contributed by atoms with Crippen molar-refractivity contribution in [3.63, 3.8) is 0 Å². The lowest BCUT2D eigenvalue weighted by Gasteiger charge is -2.33. The molecule has 6 heteroatoms. The first-order chi connectivity index (χ1) is 10.2. The normalized spacial score (nSPS) is 17.0. The maximum Gasteiger partial charge on any atom is 0.227 e. The van der Waals surface area contributed by atoms with E-state index in [0.717, 1.165) is 53.6 Å².